The first-order valence-electron chi connectivity index (χ1n) is 5.41. The predicted octanol–water partition coefficient (Wildman–Crippen LogP) is 1.50. The normalized spacial score (nSPS) is 10.7. The van der Waals surface area contributed by atoms with Gasteiger partial charge in [-0.2, -0.15) is 5.10 Å². The van der Waals surface area contributed by atoms with Crippen LogP contribution in [0.3, 0.4) is 0 Å². The van der Waals surface area contributed by atoms with Gasteiger partial charge in [0.05, 0.1) is 11.1 Å². The molecule has 0 spiro atoms. The fourth-order valence-corrected chi connectivity index (χ4v) is 2.24. The number of nitrogens with one attached hydrogen (secondary N) is 2. The molecular formula is C12H11N3O3S. The zero-order chi connectivity index (χ0) is 13.7. The summed E-state index contributed by atoms with van der Waals surface area (Å²) in [6, 6.07) is 1.71. The van der Waals surface area contributed by atoms with Crippen molar-refractivity contribution >= 4 is 29.3 Å². The van der Waals surface area contributed by atoms with E-state index in [1.54, 1.807) is 23.8 Å². The van der Waals surface area contributed by atoms with E-state index in [9.17, 15) is 9.59 Å². The third-order valence-corrected chi connectivity index (χ3v) is 3.24. The number of aliphatic carboxylic acids is 1. The Hall–Kier alpha value is -2.41. The van der Waals surface area contributed by atoms with Gasteiger partial charge in [-0.1, -0.05) is 0 Å². The van der Waals surface area contributed by atoms with Crippen LogP contribution in [0.25, 0.3) is 6.08 Å². The number of amides is 1. The molecule has 2 aromatic heterocycles. The molecule has 0 bridgehead atoms. The second-order valence-electron chi connectivity index (χ2n) is 3.67. The van der Waals surface area contributed by atoms with Crippen LogP contribution in [0, 0.1) is 0 Å². The average Bonchev–Trinajstić information content (AvgIpc) is 3.04. The minimum absolute atomic E-state index is 0.235. The highest BCUT2D eigenvalue weighted by Crippen LogP contribution is 2.18. The Kier molecular flexibility index (Phi) is 4.09. The van der Waals surface area contributed by atoms with Gasteiger partial charge < -0.3 is 10.4 Å². The lowest BCUT2D eigenvalue weighted by atomic mass is 10.2. The molecule has 2 rings (SSSR count). The Morgan fingerprint density at radius 3 is 3.05 bits per heavy atom. The zero-order valence-corrected chi connectivity index (χ0v) is 10.6. The second-order valence-corrected chi connectivity index (χ2v) is 4.58. The molecule has 0 unspecified atom stereocenters. The van der Waals surface area contributed by atoms with E-state index in [4.69, 9.17) is 5.11 Å². The highest BCUT2D eigenvalue weighted by atomic mass is 32.1. The van der Waals surface area contributed by atoms with Gasteiger partial charge in [0.15, 0.2) is 0 Å². The summed E-state index contributed by atoms with van der Waals surface area (Å²) in [5, 5.41) is 19.5. The number of carbonyl (C=O) groups is 2. The molecule has 2 heterocycles. The molecule has 0 radical (unpaired) electrons. The molecule has 3 N–H and O–H groups in total. The first-order chi connectivity index (χ1) is 9.16. The molecule has 98 valence electrons. The number of rotatable bonds is 5. The maximum atomic E-state index is 12.0. The van der Waals surface area contributed by atoms with E-state index in [1.165, 1.54) is 17.4 Å². The van der Waals surface area contributed by atoms with Crippen molar-refractivity contribution < 1.29 is 14.7 Å². The summed E-state index contributed by atoms with van der Waals surface area (Å²) in [5.74, 6) is -1.28. The standard InChI is InChI=1S/C12H11N3O3S/c16-10(17)2-1-9-3-4-19-11(9)12(18)13-5-8-6-14-15-7-8/h1-4,6-7H,5H2,(H,13,18)(H,14,15)(H,16,17). The third kappa shape index (κ3) is 3.52. The van der Waals surface area contributed by atoms with Gasteiger partial charge in [-0.05, 0) is 23.1 Å². The average molecular weight is 277 g/mol. The van der Waals surface area contributed by atoms with E-state index in [2.05, 4.69) is 15.5 Å². The Bertz CT molecular complexity index is 602. The number of hydrogen-bond donors (Lipinski definition) is 3. The fraction of sp³-hybridized carbons (Fsp3) is 0.0833. The van der Waals surface area contributed by atoms with Gasteiger partial charge in [0.25, 0.3) is 5.91 Å². The van der Waals surface area contributed by atoms with Crippen molar-refractivity contribution in [2.75, 3.05) is 0 Å². The highest BCUT2D eigenvalue weighted by Gasteiger charge is 2.11. The van der Waals surface area contributed by atoms with Gasteiger partial charge in [-0.3, -0.25) is 9.89 Å². The Balaban J connectivity index is 2.03. The lowest BCUT2D eigenvalue weighted by Gasteiger charge is -2.02. The predicted molar refractivity (Wildman–Crippen MR) is 70.7 cm³/mol. The molecule has 0 aliphatic heterocycles. The number of nitrogens with zero attached hydrogens (tertiary/aromatic N) is 1. The van der Waals surface area contributed by atoms with Gasteiger partial charge in [0.1, 0.15) is 0 Å². The lowest BCUT2D eigenvalue weighted by Crippen LogP contribution is -2.22. The van der Waals surface area contributed by atoms with E-state index < -0.39 is 5.97 Å². The van der Waals surface area contributed by atoms with Crippen LogP contribution < -0.4 is 5.32 Å². The van der Waals surface area contributed by atoms with Crippen LogP contribution in [-0.2, 0) is 11.3 Å². The maximum absolute atomic E-state index is 12.0. The molecule has 0 aromatic carbocycles. The van der Waals surface area contributed by atoms with Crippen LogP contribution >= 0.6 is 11.3 Å². The molecule has 0 atom stereocenters. The number of thiophene rings is 1. The Morgan fingerprint density at radius 1 is 1.53 bits per heavy atom. The SMILES string of the molecule is O=C(O)C=Cc1ccsc1C(=O)NCc1cn[nH]c1. The van der Waals surface area contributed by atoms with E-state index in [0.717, 1.165) is 11.6 Å². The molecule has 0 saturated carbocycles. The van der Waals surface area contributed by atoms with Crippen molar-refractivity contribution in [1.82, 2.24) is 15.5 Å². The summed E-state index contributed by atoms with van der Waals surface area (Å²) < 4.78 is 0. The monoisotopic (exact) mass is 277 g/mol. The number of H-pyrrole nitrogens is 1. The topological polar surface area (TPSA) is 95.1 Å². The Morgan fingerprint density at radius 2 is 2.37 bits per heavy atom. The number of carboxylic acids is 1. The first-order valence-corrected chi connectivity index (χ1v) is 6.29. The maximum Gasteiger partial charge on any atom is 0.328 e. The van der Waals surface area contributed by atoms with Crippen LogP contribution in [0.15, 0.2) is 29.9 Å². The van der Waals surface area contributed by atoms with Crippen LogP contribution in [0.1, 0.15) is 20.8 Å². The quantitative estimate of drug-likeness (QED) is 0.722. The molecule has 1 amide bonds. The fourth-order valence-electron chi connectivity index (χ4n) is 1.43. The molecule has 0 fully saturated rings. The molecular weight excluding hydrogens is 266 g/mol. The minimum Gasteiger partial charge on any atom is -0.478 e. The smallest absolute Gasteiger partial charge is 0.328 e. The summed E-state index contributed by atoms with van der Waals surface area (Å²) in [6.07, 6.45) is 5.74. The molecule has 0 saturated heterocycles. The van der Waals surface area contributed by atoms with Crippen molar-refractivity contribution in [3.05, 3.63) is 45.9 Å². The number of carbonyl (C=O) groups excluding carboxylic acids is 1. The van der Waals surface area contributed by atoms with E-state index in [-0.39, 0.29) is 5.91 Å². The minimum atomic E-state index is -1.05. The molecule has 2 aromatic rings. The van der Waals surface area contributed by atoms with Crippen molar-refractivity contribution in [2.45, 2.75) is 6.54 Å². The highest BCUT2D eigenvalue weighted by molar-refractivity contribution is 7.12. The first kappa shape index (κ1) is 13.0. The van der Waals surface area contributed by atoms with E-state index in [0.29, 0.717) is 17.0 Å². The second kappa shape index (κ2) is 5.96. The summed E-state index contributed by atoms with van der Waals surface area (Å²) >= 11 is 1.27. The number of aromatic nitrogens is 2. The van der Waals surface area contributed by atoms with Gasteiger partial charge in [0.2, 0.25) is 0 Å². The van der Waals surface area contributed by atoms with Crippen molar-refractivity contribution in [3.63, 3.8) is 0 Å². The van der Waals surface area contributed by atoms with Crippen LogP contribution in [0.2, 0.25) is 0 Å². The van der Waals surface area contributed by atoms with E-state index in [1.807, 2.05) is 0 Å². The van der Waals surface area contributed by atoms with E-state index >= 15 is 0 Å². The van der Waals surface area contributed by atoms with Crippen LogP contribution in [0.5, 0.6) is 0 Å². The van der Waals surface area contributed by atoms with Crippen molar-refractivity contribution in [2.24, 2.45) is 0 Å². The summed E-state index contributed by atoms with van der Waals surface area (Å²) in [4.78, 5) is 22.9. The summed E-state index contributed by atoms with van der Waals surface area (Å²) in [5.41, 5.74) is 1.46. The van der Waals surface area contributed by atoms with Crippen LogP contribution in [0.4, 0.5) is 0 Å². The van der Waals surface area contributed by atoms with Gasteiger partial charge in [-0.15, -0.1) is 11.3 Å². The Labute approximate surface area is 112 Å². The third-order valence-electron chi connectivity index (χ3n) is 2.32. The van der Waals surface area contributed by atoms with Crippen molar-refractivity contribution in [3.8, 4) is 0 Å². The van der Waals surface area contributed by atoms with Gasteiger partial charge in [-0.25, -0.2) is 4.79 Å². The molecule has 0 aliphatic carbocycles. The largest absolute Gasteiger partial charge is 0.478 e. The zero-order valence-electron chi connectivity index (χ0n) is 9.79. The van der Waals surface area contributed by atoms with Crippen LogP contribution in [-0.4, -0.2) is 27.2 Å². The molecule has 19 heavy (non-hydrogen) atoms. The number of aromatic amines is 1. The van der Waals surface area contributed by atoms with Crippen molar-refractivity contribution in [1.29, 1.82) is 0 Å². The molecule has 0 aliphatic rings. The lowest BCUT2D eigenvalue weighted by molar-refractivity contribution is -0.131. The molecule has 7 heteroatoms. The summed E-state index contributed by atoms with van der Waals surface area (Å²) in [6.45, 7) is 0.370. The summed E-state index contributed by atoms with van der Waals surface area (Å²) in [7, 11) is 0. The number of carboxylic acid groups (broad SMARTS) is 1. The van der Waals surface area contributed by atoms with Gasteiger partial charge in [0, 0.05) is 24.4 Å². The number of hydrogen-bond acceptors (Lipinski definition) is 4. The van der Waals surface area contributed by atoms with Gasteiger partial charge >= 0.3 is 5.97 Å². The molecule has 6 nitrogen and oxygen atoms in total.